The quantitative estimate of drug-likeness (QED) is 0.935. The summed E-state index contributed by atoms with van der Waals surface area (Å²) >= 11 is 1.32. The second-order valence-corrected chi connectivity index (χ2v) is 6.61. The number of nitrogens with zero attached hydrogens (tertiary/aromatic N) is 2. The predicted octanol–water partition coefficient (Wildman–Crippen LogP) is 3.06. The molecule has 0 radical (unpaired) electrons. The number of carboxylic acid groups (broad SMARTS) is 1. The van der Waals surface area contributed by atoms with Gasteiger partial charge in [-0.05, 0) is 30.9 Å². The highest BCUT2D eigenvalue weighted by Gasteiger charge is 2.32. The molecule has 0 bridgehead atoms. The summed E-state index contributed by atoms with van der Waals surface area (Å²) in [5.74, 6) is -0.947. The van der Waals surface area contributed by atoms with Crippen LogP contribution in [0.3, 0.4) is 0 Å². The van der Waals surface area contributed by atoms with Gasteiger partial charge >= 0.3 is 5.97 Å². The zero-order valence-corrected chi connectivity index (χ0v) is 13.7. The first-order chi connectivity index (χ1) is 11.1. The van der Waals surface area contributed by atoms with Gasteiger partial charge in [0.1, 0.15) is 5.01 Å². The van der Waals surface area contributed by atoms with Crippen LogP contribution in [0.5, 0.6) is 0 Å². The van der Waals surface area contributed by atoms with E-state index in [4.69, 9.17) is 5.11 Å². The average molecular weight is 330 g/mol. The maximum atomic E-state index is 12.7. The van der Waals surface area contributed by atoms with Crippen molar-refractivity contribution >= 4 is 23.2 Å². The van der Waals surface area contributed by atoms with E-state index in [0.717, 1.165) is 29.0 Å². The summed E-state index contributed by atoms with van der Waals surface area (Å²) in [5, 5.41) is 11.3. The Hall–Kier alpha value is -2.21. The standard InChI is InChI=1S/C17H18N2O3S/c1-11-5-2-3-6-12(11)9-15(20)19-8-4-7-14(19)16-18-13(10-23-16)17(21)22/h2-3,5-6,10,14H,4,7-9H2,1H3,(H,21,22)/t14-/m0/s1. The van der Waals surface area contributed by atoms with Crippen LogP contribution in [0, 0.1) is 6.92 Å². The molecule has 1 saturated heterocycles. The Bertz CT molecular complexity index is 741. The molecule has 0 aliphatic carbocycles. The first-order valence-corrected chi connectivity index (χ1v) is 8.47. The number of benzene rings is 1. The zero-order chi connectivity index (χ0) is 16.4. The van der Waals surface area contributed by atoms with E-state index >= 15 is 0 Å². The summed E-state index contributed by atoms with van der Waals surface area (Å²) in [5.41, 5.74) is 2.20. The highest BCUT2D eigenvalue weighted by Crippen LogP contribution is 2.34. The largest absolute Gasteiger partial charge is 0.476 e. The molecule has 0 spiro atoms. The molecule has 1 N–H and O–H groups in total. The molecule has 2 aromatic rings. The molecule has 6 heteroatoms. The Kier molecular flexibility index (Phi) is 4.43. The Morgan fingerprint density at radius 1 is 1.39 bits per heavy atom. The molecule has 1 atom stereocenters. The molecule has 1 aliphatic rings. The lowest BCUT2D eigenvalue weighted by Gasteiger charge is -2.23. The van der Waals surface area contributed by atoms with E-state index in [-0.39, 0.29) is 17.6 Å². The molecule has 5 nitrogen and oxygen atoms in total. The zero-order valence-electron chi connectivity index (χ0n) is 12.9. The smallest absolute Gasteiger partial charge is 0.355 e. The fraction of sp³-hybridized carbons (Fsp3) is 0.353. The second-order valence-electron chi connectivity index (χ2n) is 5.72. The minimum Gasteiger partial charge on any atom is -0.476 e. The van der Waals surface area contributed by atoms with Gasteiger partial charge in [0.25, 0.3) is 0 Å². The minimum atomic E-state index is -1.02. The lowest BCUT2D eigenvalue weighted by atomic mass is 10.1. The van der Waals surface area contributed by atoms with Crippen molar-refractivity contribution in [2.75, 3.05) is 6.54 Å². The number of thiazole rings is 1. The van der Waals surface area contributed by atoms with E-state index in [1.807, 2.05) is 36.1 Å². The van der Waals surface area contributed by atoms with Gasteiger partial charge in [0.15, 0.2) is 5.69 Å². The molecule has 1 fully saturated rings. The molecule has 3 rings (SSSR count). The van der Waals surface area contributed by atoms with E-state index < -0.39 is 5.97 Å². The molecule has 1 aromatic heterocycles. The molecule has 23 heavy (non-hydrogen) atoms. The topological polar surface area (TPSA) is 70.5 Å². The molecular formula is C17H18N2O3S. The first kappa shape index (κ1) is 15.7. The van der Waals surface area contributed by atoms with Gasteiger partial charge < -0.3 is 10.0 Å². The number of hydrogen-bond acceptors (Lipinski definition) is 4. The van der Waals surface area contributed by atoms with Crippen LogP contribution in [0.2, 0.25) is 0 Å². The highest BCUT2D eigenvalue weighted by atomic mass is 32.1. The van der Waals surface area contributed by atoms with Crippen LogP contribution in [-0.4, -0.2) is 33.4 Å². The first-order valence-electron chi connectivity index (χ1n) is 7.59. The van der Waals surface area contributed by atoms with Crippen LogP contribution in [0.15, 0.2) is 29.6 Å². The van der Waals surface area contributed by atoms with Crippen molar-refractivity contribution in [2.24, 2.45) is 0 Å². The maximum absolute atomic E-state index is 12.7. The number of carboxylic acids is 1. The number of amides is 1. The number of aryl methyl sites for hydroxylation is 1. The van der Waals surface area contributed by atoms with Crippen LogP contribution in [0.4, 0.5) is 0 Å². The number of aromatic nitrogens is 1. The molecule has 1 aromatic carbocycles. The number of carbonyl (C=O) groups is 2. The molecule has 0 unspecified atom stereocenters. The van der Waals surface area contributed by atoms with Crippen molar-refractivity contribution in [1.82, 2.24) is 9.88 Å². The van der Waals surface area contributed by atoms with Gasteiger partial charge in [-0.1, -0.05) is 24.3 Å². The van der Waals surface area contributed by atoms with Gasteiger partial charge in [-0.3, -0.25) is 4.79 Å². The maximum Gasteiger partial charge on any atom is 0.355 e. The van der Waals surface area contributed by atoms with E-state index in [1.165, 1.54) is 11.3 Å². The van der Waals surface area contributed by atoms with E-state index in [9.17, 15) is 9.59 Å². The van der Waals surface area contributed by atoms with Gasteiger partial charge in [-0.2, -0.15) is 0 Å². The Morgan fingerprint density at radius 2 is 2.17 bits per heavy atom. The summed E-state index contributed by atoms with van der Waals surface area (Å²) in [6.07, 6.45) is 2.14. The third-order valence-electron chi connectivity index (χ3n) is 4.20. The van der Waals surface area contributed by atoms with Gasteiger partial charge in [0, 0.05) is 11.9 Å². The van der Waals surface area contributed by atoms with Crippen molar-refractivity contribution in [3.63, 3.8) is 0 Å². The summed E-state index contributed by atoms with van der Waals surface area (Å²) < 4.78 is 0. The van der Waals surface area contributed by atoms with Gasteiger partial charge in [-0.15, -0.1) is 11.3 Å². The van der Waals surface area contributed by atoms with Crippen LogP contribution >= 0.6 is 11.3 Å². The third-order valence-corrected chi connectivity index (χ3v) is 5.15. The normalized spacial score (nSPS) is 17.4. The monoisotopic (exact) mass is 330 g/mol. The van der Waals surface area contributed by atoms with Gasteiger partial charge in [-0.25, -0.2) is 9.78 Å². The third kappa shape index (κ3) is 3.27. The lowest BCUT2D eigenvalue weighted by Crippen LogP contribution is -2.32. The van der Waals surface area contributed by atoms with Crippen molar-refractivity contribution in [1.29, 1.82) is 0 Å². The van der Waals surface area contributed by atoms with Gasteiger partial charge in [0.05, 0.1) is 12.5 Å². The van der Waals surface area contributed by atoms with E-state index in [1.54, 1.807) is 5.38 Å². The molecular weight excluding hydrogens is 312 g/mol. The second kappa shape index (κ2) is 6.50. The Balaban J connectivity index is 1.76. The lowest BCUT2D eigenvalue weighted by molar-refractivity contribution is -0.131. The van der Waals surface area contributed by atoms with Crippen molar-refractivity contribution in [3.05, 3.63) is 51.5 Å². The Labute approximate surface area is 138 Å². The van der Waals surface area contributed by atoms with Gasteiger partial charge in [0.2, 0.25) is 5.91 Å². The molecule has 2 heterocycles. The predicted molar refractivity (Wildman–Crippen MR) is 87.6 cm³/mol. The SMILES string of the molecule is Cc1ccccc1CC(=O)N1CCC[C@H]1c1nc(C(=O)O)cs1. The highest BCUT2D eigenvalue weighted by molar-refractivity contribution is 7.09. The average Bonchev–Trinajstić information content (AvgIpc) is 3.17. The number of hydrogen-bond donors (Lipinski definition) is 1. The van der Waals surface area contributed by atoms with Crippen molar-refractivity contribution in [2.45, 2.75) is 32.2 Å². The van der Waals surface area contributed by atoms with Crippen LogP contribution in [0.1, 0.15) is 45.5 Å². The van der Waals surface area contributed by atoms with Crippen molar-refractivity contribution < 1.29 is 14.7 Å². The number of rotatable bonds is 4. The van der Waals surface area contributed by atoms with Crippen molar-refractivity contribution in [3.8, 4) is 0 Å². The molecule has 1 aliphatic heterocycles. The van der Waals surface area contributed by atoms with Crippen LogP contribution in [-0.2, 0) is 11.2 Å². The number of likely N-dealkylation sites (tertiary alicyclic amines) is 1. The number of aromatic carboxylic acids is 1. The summed E-state index contributed by atoms with van der Waals surface area (Å²) in [6.45, 7) is 2.71. The summed E-state index contributed by atoms with van der Waals surface area (Å²) in [6, 6.07) is 7.79. The minimum absolute atomic E-state index is 0.0585. The fourth-order valence-corrected chi connectivity index (χ4v) is 3.87. The van der Waals surface area contributed by atoms with Crippen LogP contribution < -0.4 is 0 Å². The molecule has 1 amide bonds. The fourth-order valence-electron chi connectivity index (χ4n) is 2.93. The Morgan fingerprint density at radius 3 is 2.87 bits per heavy atom. The summed E-state index contributed by atoms with van der Waals surface area (Å²) in [7, 11) is 0. The molecule has 120 valence electrons. The molecule has 0 saturated carbocycles. The number of carbonyl (C=O) groups excluding carboxylic acids is 1. The van der Waals surface area contributed by atoms with E-state index in [2.05, 4.69) is 4.98 Å². The van der Waals surface area contributed by atoms with Crippen LogP contribution in [0.25, 0.3) is 0 Å². The van der Waals surface area contributed by atoms with E-state index in [0.29, 0.717) is 13.0 Å². The summed E-state index contributed by atoms with van der Waals surface area (Å²) in [4.78, 5) is 29.7.